The van der Waals surface area contributed by atoms with E-state index in [0.29, 0.717) is 18.5 Å². The summed E-state index contributed by atoms with van der Waals surface area (Å²) in [5.74, 6) is -0.561. The molecule has 2 amide bonds. The Balaban J connectivity index is 1.67. The number of alkyl carbamates (subject to hydrolysis) is 1. The third kappa shape index (κ3) is 8.77. The van der Waals surface area contributed by atoms with Crippen molar-refractivity contribution >= 4 is 23.7 Å². The van der Waals surface area contributed by atoms with E-state index in [-0.39, 0.29) is 24.9 Å². The Morgan fingerprint density at radius 2 is 1.60 bits per heavy atom. The molecule has 7 heteroatoms. The van der Waals surface area contributed by atoms with Crippen LogP contribution in [-0.2, 0) is 20.9 Å². The van der Waals surface area contributed by atoms with Crippen LogP contribution in [0.25, 0.3) is 0 Å². The Kier molecular flexibility index (Phi) is 8.41. The molecule has 30 heavy (non-hydrogen) atoms. The van der Waals surface area contributed by atoms with Crippen molar-refractivity contribution in [2.45, 2.75) is 45.8 Å². The van der Waals surface area contributed by atoms with E-state index in [4.69, 9.17) is 9.47 Å². The summed E-state index contributed by atoms with van der Waals surface area (Å²) in [6, 6.07) is 16.1. The van der Waals surface area contributed by atoms with Gasteiger partial charge in [-0.2, -0.15) is 0 Å². The third-order valence-electron chi connectivity index (χ3n) is 3.87. The van der Waals surface area contributed by atoms with Gasteiger partial charge < -0.3 is 20.1 Å². The Morgan fingerprint density at radius 3 is 2.23 bits per heavy atom. The van der Waals surface area contributed by atoms with E-state index in [1.54, 1.807) is 45.0 Å². The Morgan fingerprint density at radius 1 is 0.933 bits per heavy atom. The van der Waals surface area contributed by atoms with Crippen molar-refractivity contribution in [2.24, 2.45) is 0 Å². The average Bonchev–Trinajstić information content (AvgIpc) is 2.69. The van der Waals surface area contributed by atoms with Gasteiger partial charge in [-0.25, -0.2) is 4.79 Å². The highest BCUT2D eigenvalue weighted by molar-refractivity contribution is 6.04. The predicted octanol–water partition coefficient (Wildman–Crippen LogP) is 4.29. The molecular weight excluding hydrogens is 384 g/mol. The van der Waals surface area contributed by atoms with Crippen LogP contribution in [0.15, 0.2) is 54.6 Å². The maximum Gasteiger partial charge on any atom is 0.407 e. The highest BCUT2D eigenvalue weighted by Gasteiger charge is 2.15. The van der Waals surface area contributed by atoms with Gasteiger partial charge in [-0.05, 0) is 57.0 Å². The second-order valence-corrected chi connectivity index (χ2v) is 7.71. The fourth-order valence-corrected chi connectivity index (χ4v) is 2.45. The Bertz CT molecular complexity index is 842. The van der Waals surface area contributed by atoms with Crippen LogP contribution in [0.2, 0.25) is 0 Å². The highest BCUT2D eigenvalue weighted by atomic mass is 16.6. The molecule has 0 aliphatic rings. The maximum absolute atomic E-state index is 12.2. The van der Waals surface area contributed by atoms with Crippen molar-refractivity contribution in [1.29, 1.82) is 0 Å². The lowest BCUT2D eigenvalue weighted by molar-refractivity contribution is -0.145. The van der Waals surface area contributed by atoms with Crippen molar-refractivity contribution < 1.29 is 23.9 Å². The summed E-state index contributed by atoms with van der Waals surface area (Å²) in [6.45, 7) is 5.80. The second kappa shape index (κ2) is 11.0. The number of nitrogens with one attached hydrogen (secondary N) is 2. The summed E-state index contributed by atoms with van der Waals surface area (Å²) >= 11 is 0. The maximum atomic E-state index is 12.2. The van der Waals surface area contributed by atoms with Crippen LogP contribution in [0.5, 0.6) is 0 Å². The standard InChI is InChI=1S/C23H28N2O5/c1-23(2,3)30-22(28)24-15-7-10-20(26)29-16-17-11-13-18(14-12-17)21(27)25-19-8-5-4-6-9-19/h4-6,8-9,11-14H,7,10,15-16H2,1-3H3,(H,24,28)(H,25,27). The molecular formula is C23H28N2O5. The van der Waals surface area contributed by atoms with Crippen LogP contribution in [0, 0.1) is 0 Å². The molecule has 2 aromatic carbocycles. The molecule has 160 valence electrons. The fourth-order valence-electron chi connectivity index (χ4n) is 2.45. The zero-order valence-corrected chi connectivity index (χ0v) is 17.6. The van der Waals surface area contributed by atoms with Gasteiger partial charge in [0.1, 0.15) is 12.2 Å². The minimum absolute atomic E-state index is 0.124. The molecule has 0 unspecified atom stereocenters. The Hall–Kier alpha value is -3.35. The topological polar surface area (TPSA) is 93.7 Å². The van der Waals surface area contributed by atoms with E-state index in [1.165, 1.54) is 0 Å². The smallest absolute Gasteiger partial charge is 0.407 e. The van der Waals surface area contributed by atoms with Crippen LogP contribution in [-0.4, -0.2) is 30.1 Å². The quantitative estimate of drug-likeness (QED) is 0.498. The molecule has 0 spiro atoms. The molecule has 2 aromatic rings. The summed E-state index contributed by atoms with van der Waals surface area (Å²) in [5, 5.41) is 5.41. The first-order valence-corrected chi connectivity index (χ1v) is 9.81. The zero-order valence-electron chi connectivity index (χ0n) is 17.6. The first-order valence-electron chi connectivity index (χ1n) is 9.81. The molecule has 0 heterocycles. The van der Waals surface area contributed by atoms with Crippen molar-refractivity contribution in [3.8, 4) is 0 Å². The predicted molar refractivity (Wildman–Crippen MR) is 114 cm³/mol. The van der Waals surface area contributed by atoms with E-state index in [1.807, 2.05) is 30.3 Å². The van der Waals surface area contributed by atoms with E-state index >= 15 is 0 Å². The van der Waals surface area contributed by atoms with Gasteiger partial charge in [0.2, 0.25) is 0 Å². The molecule has 0 aromatic heterocycles. The lowest BCUT2D eigenvalue weighted by Gasteiger charge is -2.19. The van der Waals surface area contributed by atoms with E-state index in [0.717, 1.165) is 11.3 Å². The van der Waals surface area contributed by atoms with Gasteiger partial charge in [0, 0.05) is 24.2 Å². The van der Waals surface area contributed by atoms with Crippen molar-refractivity contribution in [2.75, 3.05) is 11.9 Å². The Labute approximate surface area is 176 Å². The van der Waals surface area contributed by atoms with Gasteiger partial charge in [0.05, 0.1) is 0 Å². The van der Waals surface area contributed by atoms with Crippen LogP contribution in [0.4, 0.5) is 10.5 Å². The number of esters is 1. The lowest BCUT2D eigenvalue weighted by Crippen LogP contribution is -2.33. The summed E-state index contributed by atoms with van der Waals surface area (Å²) in [6.07, 6.45) is 0.136. The normalized spacial score (nSPS) is 10.8. The van der Waals surface area contributed by atoms with Gasteiger partial charge in [0.15, 0.2) is 0 Å². The van der Waals surface area contributed by atoms with Crippen molar-refractivity contribution in [3.63, 3.8) is 0 Å². The van der Waals surface area contributed by atoms with E-state index in [9.17, 15) is 14.4 Å². The SMILES string of the molecule is CC(C)(C)OC(=O)NCCCC(=O)OCc1ccc(C(=O)Nc2ccccc2)cc1. The number of anilines is 1. The lowest BCUT2D eigenvalue weighted by atomic mass is 10.1. The fraction of sp³-hybridized carbons (Fsp3) is 0.348. The molecule has 0 saturated heterocycles. The number of carbonyl (C=O) groups excluding carboxylic acids is 3. The molecule has 0 fully saturated rings. The molecule has 0 saturated carbocycles. The van der Waals surface area contributed by atoms with Crippen LogP contribution < -0.4 is 10.6 Å². The van der Waals surface area contributed by atoms with Gasteiger partial charge >= 0.3 is 12.1 Å². The van der Waals surface area contributed by atoms with Gasteiger partial charge in [0.25, 0.3) is 5.91 Å². The number of hydrogen-bond donors (Lipinski definition) is 2. The summed E-state index contributed by atoms with van der Waals surface area (Å²) in [5.41, 5.74) is 1.47. The molecule has 0 aliphatic carbocycles. The number of amides is 2. The van der Waals surface area contributed by atoms with Gasteiger partial charge in [-0.1, -0.05) is 30.3 Å². The van der Waals surface area contributed by atoms with Gasteiger partial charge in [-0.3, -0.25) is 9.59 Å². The number of hydrogen-bond acceptors (Lipinski definition) is 5. The molecule has 0 atom stereocenters. The average molecular weight is 412 g/mol. The number of benzene rings is 2. The third-order valence-corrected chi connectivity index (χ3v) is 3.87. The molecule has 0 bridgehead atoms. The summed E-state index contributed by atoms with van der Waals surface area (Å²) in [4.78, 5) is 35.6. The number of rotatable bonds is 8. The summed E-state index contributed by atoms with van der Waals surface area (Å²) in [7, 11) is 0. The molecule has 0 aliphatic heterocycles. The van der Waals surface area contributed by atoms with Crippen LogP contribution in [0.1, 0.15) is 49.5 Å². The number of para-hydroxylation sites is 1. The largest absolute Gasteiger partial charge is 0.461 e. The van der Waals surface area contributed by atoms with Crippen molar-refractivity contribution in [1.82, 2.24) is 5.32 Å². The summed E-state index contributed by atoms with van der Waals surface area (Å²) < 4.78 is 10.3. The van der Waals surface area contributed by atoms with E-state index in [2.05, 4.69) is 10.6 Å². The first-order chi connectivity index (χ1) is 14.2. The van der Waals surface area contributed by atoms with Gasteiger partial charge in [-0.15, -0.1) is 0 Å². The monoisotopic (exact) mass is 412 g/mol. The first kappa shape index (κ1) is 22.9. The number of carbonyl (C=O) groups is 3. The molecule has 0 radical (unpaired) electrons. The molecule has 2 N–H and O–H groups in total. The minimum Gasteiger partial charge on any atom is -0.461 e. The molecule has 2 rings (SSSR count). The van der Waals surface area contributed by atoms with E-state index < -0.39 is 11.7 Å². The van der Waals surface area contributed by atoms with Crippen LogP contribution >= 0.6 is 0 Å². The second-order valence-electron chi connectivity index (χ2n) is 7.71. The minimum atomic E-state index is -0.555. The number of ether oxygens (including phenoxy) is 2. The van der Waals surface area contributed by atoms with Crippen LogP contribution in [0.3, 0.4) is 0 Å². The molecule has 7 nitrogen and oxygen atoms in total. The van der Waals surface area contributed by atoms with Crippen molar-refractivity contribution in [3.05, 3.63) is 65.7 Å². The highest BCUT2D eigenvalue weighted by Crippen LogP contribution is 2.11. The zero-order chi connectivity index (χ0) is 22.0.